The molecule has 0 aliphatic carbocycles. The average molecular weight is 287 g/mol. The van der Waals surface area contributed by atoms with Crippen molar-refractivity contribution >= 4 is 16.8 Å². The Morgan fingerprint density at radius 3 is 2.86 bits per heavy atom. The molecule has 114 valence electrons. The number of nitrogens with one attached hydrogen (secondary N) is 2. The summed E-state index contributed by atoms with van der Waals surface area (Å²) in [7, 11) is 1.69. The summed E-state index contributed by atoms with van der Waals surface area (Å²) in [5.74, 6) is 0.108. The Labute approximate surface area is 126 Å². The minimum atomic E-state index is 0.108. The lowest BCUT2D eigenvalue weighted by molar-refractivity contribution is -0.120. The van der Waals surface area contributed by atoms with E-state index in [9.17, 15) is 4.79 Å². The van der Waals surface area contributed by atoms with Crippen LogP contribution in [0.5, 0.6) is 0 Å². The van der Waals surface area contributed by atoms with Crippen molar-refractivity contribution in [3.63, 3.8) is 0 Å². The number of carbonyl (C=O) groups excluding carboxylic acids is 1. The number of nitrogens with zero attached hydrogens (tertiary/aromatic N) is 1. The van der Waals surface area contributed by atoms with Gasteiger partial charge in [-0.25, -0.2) is 0 Å². The van der Waals surface area contributed by atoms with Crippen LogP contribution in [0.25, 0.3) is 10.9 Å². The first-order chi connectivity index (χ1) is 10.3. The molecule has 1 aromatic heterocycles. The third-order valence-corrected chi connectivity index (χ3v) is 3.70. The maximum absolute atomic E-state index is 11.3. The van der Waals surface area contributed by atoms with E-state index in [4.69, 9.17) is 0 Å². The molecule has 4 nitrogen and oxygen atoms in total. The second-order valence-electron chi connectivity index (χ2n) is 5.32. The fraction of sp³-hybridized carbons (Fsp3) is 0.471. The predicted octanol–water partition coefficient (Wildman–Crippen LogP) is 2.67. The van der Waals surface area contributed by atoms with Gasteiger partial charge in [0.1, 0.15) is 0 Å². The molecule has 2 N–H and O–H groups in total. The number of benzene rings is 1. The quantitative estimate of drug-likeness (QED) is 0.733. The summed E-state index contributed by atoms with van der Waals surface area (Å²) < 4.78 is 2.27. The molecule has 0 unspecified atom stereocenters. The van der Waals surface area contributed by atoms with Crippen molar-refractivity contribution in [2.24, 2.45) is 0 Å². The Hall–Kier alpha value is -1.81. The number of aromatic nitrogens is 1. The number of hydrogen-bond donors (Lipinski definition) is 2. The van der Waals surface area contributed by atoms with Crippen molar-refractivity contribution in [1.82, 2.24) is 15.2 Å². The molecule has 0 spiro atoms. The maximum atomic E-state index is 11.3. The first-order valence-electron chi connectivity index (χ1n) is 7.74. The van der Waals surface area contributed by atoms with Gasteiger partial charge in [0.05, 0.1) is 0 Å². The highest BCUT2D eigenvalue weighted by molar-refractivity contribution is 5.84. The smallest absolute Gasteiger partial charge is 0.219 e. The Bertz CT molecular complexity index is 589. The normalized spacial score (nSPS) is 11.0. The molecule has 4 heteroatoms. The first kappa shape index (κ1) is 15.6. The average Bonchev–Trinajstić information content (AvgIpc) is 2.86. The standard InChI is InChI=1S/C17H25N3O/c1-3-10-19-12-14-13-20(11-6-9-17(21)18-2)16-8-5-4-7-15(14)16/h4-5,7-8,13,19H,3,6,9-12H2,1-2H3,(H,18,21). The van der Waals surface area contributed by atoms with Gasteiger partial charge in [-0.05, 0) is 31.0 Å². The number of fused-ring (bicyclic) bond motifs is 1. The SMILES string of the molecule is CCCNCc1cn(CCCC(=O)NC)c2ccccc12. The maximum Gasteiger partial charge on any atom is 0.219 e. The van der Waals surface area contributed by atoms with Crippen LogP contribution >= 0.6 is 0 Å². The molecule has 0 aliphatic rings. The van der Waals surface area contributed by atoms with Crippen molar-refractivity contribution in [2.75, 3.05) is 13.6 Å². The molecule has 1 heterocycles. The molecule has 0 aliphatic heterocycles. The number of hydrogen-bond acceptors (Lipinski definition) is 2. The lowest BCUT2D eigenvalue weighted by atomic mass is 10.2. The monoisotopic (exact) mass is 287 g/mol. The zero-order chi connectivity index (χ0) is 15.1. The van der Waals surface area contributed by atoms with Crippen molar-refractivity contribution < 1.29 is 4.79 Å². The summed E-state index contributed by atoms with van der Waals surface area (Å²) in [6.07, 6.45) is 4.80. The molecule has 0 radical (unpaired) electrons. The van der Waals surface area contributed by atoms with Gasteiger partial charge in [0, 0.05) is 43.7 Å². The summed E-state index contributed by atoms with van der Waals surface area (Å²) >= 11 is 0. The number of aryl methyl sites for hydroxylation is 1. The second kappa shape index (κ2) is 7.84. The molecule has 1 aromatic carbocycles. The summed E-state index contributed by atoms with van der Waals surface area (Å²) in [6, 6.07) is 8.48. The molecule has 21 heavy (non-hydrogen) atoms. The van der Waals surface area contributed by atoms with Gasteiger partial charge in [-0.15, -0.1) is 0 Å². The van der Waals surface area contributed by atoms with Crippen LogP contribution < -0.4 is 10.6 Å². The second-order valence-corrected chi connectivity index (χ2v) is 5.32. The van der Waals surface area contributed by atoms with Crippen LogP contribution in [-0.4, -0.2) is 24.1 Å². The number of carbonyl (C=O) groups is 1. The fourth-order valence-electron chi connectivity index (χ4n) is 2.58. The predicted molar refractivity (Wildman–Crippen MR) is 87.2 cm³/mol. The molecule has 0 saturated heterocycles. The molecule has 0 saturated carbocycles. The van der Waals surface area contributed by atoms with E-state index in [2.05, 4.69) is 52.6 Å². The highest BCUT2D eigenvalue weighted by Crippen LogP contribution is 2.21. The Balaban J connectivity index is 2.09. The Morgan fingerprint density at radius 2 is 2.10 bits per heavy atom. The molecular weight excluding hydrogens is 262 g/mol. The summed E-state index contributed by atoms with van der Waals surface area (Å²) in [4.78, 5) is 11.3. The summed E-state index contributed by atoms with van der Waals surface area (Å²) in [6.45, 7) is 4.99. The molecule has 1 amide bonds. The van der Waals surface area contributed by atoms with Crippen molar-refractivity contribution in [2.45, 2.75) is 39.3 Å². The van der Waals surface area contributed by atoms with Gasteiger partial charge in [0.25, 0.3) is 0 Å². The third kappa shape index (κ3) is 4.08. The van der Waals surface area contributed by atoms with E-state index in [1.165, 1.54) is 16.5 Å². The van der Waals surface area contributed by atoms with Gasteiger partial charge in [-0.2, -0.15) is 0 Å². The highest BCUT2D eigenvalue weighted by Gasteiger charge is 2.08. The van der Waals surface area contributed by atoms with Crippen LogP contribution in [0, 0.1) is 0 Å². The summed E-state index contributed by atoms with van der Waals surface area (Å²) in [5, 5.41) is 7.44. The third-order valence-electron chi connectivity index (χ3n) is 3.70. The van der Waals surface area contributed by atoms with E-state index >= 15 is 0 Å². The zero-order valence-corrected chi connectivity index (χ0v) is 13.0. The van der Waals surface area contributed by atoms with Crippen LogP contribution in [0.1, 0.15) is 31.7 Å². The highest BCUT2D eigenvalue weighted by atomic mass is 16.1. The molecule has 0 bridgehead atoms. The molecule has 2 aromatic rings. The largest absolute Gasteiger partial charge is 0.359 e. The van der Waals surface area contributed by atoms with E-state index in [-0.39, 0.29) is 5.91 Å². The van der Waals surface area contributed by atoms with E-state index in [1.54, 1.807) is 7.05 Å². The lowest BCUT2D eigenvalue weighted by Gasteiger charge is -2.04. The van der Waals surface area contributed by atoms with Gasteiger partial charge in [-0.1, -0.05) is 25.1 Å². The van der Waals surface area contributed by atoms with Crippen molar-refractivity contribution in [3.8, 4) is 0 Å². The Morgan fingerprint density at radius 1 is 1.29 bits per heavy atom. The Kier molecular flexibility index (Phi) is 5.81. The van der Waals surface area contributed by atoms with Crippen LogP contribution in [0.15, 0.2) is 30.5 Å². The van der Waals surface area contributed by atoms with Crippen LogP contribution in [0.4, 0.5) is 0 Å². The van der Waals surface area contributed by atoms with Gasteiger partial charge in [0.15, 0.2) is 0 Å². The first-order valence-corrected chi connectivity index (χ1v) is 7.74. The lowest BCUT2D eigenvalue weighted by Crippen LogP contribution is -2.17. The van der Waals surface area contributed by atoms with Crippen LogP contribution in [-0.2, 0) is 17.9 Å². The topological polar surface area (TPSA) is 46.1 Å². The molecule has 0 atom stereocenters. The minimum absolute atomic E-state index is 0.108. The van der Waals surface area contributed by atoms with E-state index in [1.807, 2.05) is 0 Å². The van der Waals surface area contributed by atoms with Gasteiger partial charge >= 0.3 is 0 Å². The van der Waals surface area contributed by atoms with E-state index in [0.29, 0.717) is 6.42 Å². The fourth-order valence-corrected chi connectivity index (χ4v) is 2.58. The van der Waals surface area contributed by atoms with Crippen molar-refractivity contribution in [3.05, 3.63) is 36.0 Å². The van der Waals surface area contributed by atoms with E-state index in [0.717, 1.165) is 32.5 Å². The molecular formula is C17H25N3O. The zero-order valence-electron chi connectivity index (χ0n) is 13.0. The van der Waals surface area contributed by atoms with Crippen LogP contribution in [0.2, 0.25) is 0 Å². The summed E-state index contributed by atoms with van der Waals surface area (Å²) in [5.41, 5.74) is 2.58. The minimum Gasteiger partial charge on any atom is -0.359 e. The van der Waals surface area contributed by atoms with Gasteiger partial charge in [0.2, 0.25) is 5.91 Å². The molecule has 2 rings (SSSR count). The van der Waals surface area contributed by atoms with Crippen molar-refractivity contribution in [1.29, 1.82) is 0 Å². The number of amides is 1. The van der Waals surface area contributed by atoms with Gasteiger partial charge < -0.3 is 15.2 Å². The number of rotatable bonds is 8. The van der Waals surface area contributed by atoms with Crippen LogP contribution in [0.3, 0.4) is 0 Å². The van der Waals surface area contributed by atoms with E-state index < -0.39 is 0 Å². The number of para-hydroxylation sites is 1. The molecule has 0 fully saturated rings. The van der Waals surface area contributed by atoms with Gasteiger partial charge in [-0.3, -0.25) is 4.79 Å².